The minimum absolute atomic E-state index is 0.193. The molecule has 2 unspecified atom stereocenters. The van der Waals surface area contributed by atoms with E-state index in [9.17, 15) is 10.1 Å². The number of pyridine rings is 2. The first-order valence-electron chi connectivity index (χ1n) is 9.69. The van der Waals surface area contributed by atoms with Crippen molar-refractivity contribution in [1.29, 1.82) is 5.26 Å². The summed E-state index contributed by atoms with van der Waals surface area (Å²) < 4.78 is 0. The lowest BCUT2D eigenvalue weighted by Gasteiger charge is -2.34. The molecule has 0 radical (unpaired) electrons. The van der Waals surface area contributed by atoms with Crippen LogP contribution >= 0.6 is 23.4 Å². The summed E-state index contributed by atoms with van der Waals surface area (Å²) in [4.78, 5) is 21.4. The molecular formula is C22H25ClN4OS. The molecule has 2 atom stereocenters. The summed E-state index contributed by atoms with van der Waals surface area (Å²) in [6.07, 6.45) is 4.44. The summed E-state index contributed by atoms with van der Waals surface area (Å²) in [5.74, 6) is 0.832. The molecule has 0 spiro atoms. The van der Waals surface area contributed by atoms with Gasteiger partial charge in [-0.05, 0) is 61.3 Å². The topological polar surface area (TPSA) is 78.7 Å². The average molecular weight is 429 g/mol. The third-order valence-electron chi connectivity index (χ3n) is 5.33. The van der Waals surface area contributed by atoms with Gasteiger partial charge < -0.3 is 5.32 Å². The highest BCUT2D eigenvalue weighted by Crippen LogP contribution is 2.38. The Morgan fingerprint density at radius 1 is 1.41 bits per heavy atom. The number of carbonyl (C=O) groups excluding carboxylic acids is 1. The van der Waals surface area contributed by atoms with E-state index in [1.54, 1.807) is 19.1 Å². The zero-order valence-corrected chi connectivity index (χ0v) is 18.7. The number of carbonyl (C=O) groups is 1. The molecule has 2 aromatic rings. The second kappa shape index (κ2) is 8.73. The van der Waals surface area contributed by atoms with Gasteiger partial charge in [-0.1, -0.05) is 44.1 Å². The van der Waals surface area contributed by atoms with Gasteiger partial charge in [-0.2, -0.15) is 5.26 Å². The van der Waals surface area contributed by atoms with Crippen molar-refractivity contribution in [1.82, 2.24) is 9.97 Å². The second-order valence-corrected chi connectivity index (χ2v) is 10.2. The number of thioether (sulfide) groups is 1. The van der Waals surface area contributed by atoms with Crippen molar-refractivity contribution >= 4 is 35.1 Å². The second-order valence-electron chi connectivity index (χ2n) is 8.48. The first-order chi connectivity index (χ1) is 13.7. The quantitative estimate of drug-likeness (QED) is 0.671. The van der Waals surface area contributed by atoms with Crippen LogP contribution in [0.1, 0.15) is 50.9 Å². The molecule has 152 valence electrons. The zero-order chi connectivity index (χ0) is 21.2. The Hall–Kier alpha value is -2.10. The van der Waals surface area contributed by atoms with E-state index < -0.39 is 5.25 Å². The first kappa shape index (κ1) is 21.6. The van der Waals surface area contributed by atoms with Crippen LogP contribution < -0.4 is 5.32 Å². The van der Waals surface area contributed by atoms with Crippen molar-refractivity contribution in [3.8, 4) is 6.07 Å². The molecule has 0 bridgehead atoms. The number of hydrogen-bond acceptors (Lipinski definition) is 5. The highest BCUT2D eigenvalue weighted by molar-refractivity contribution is 8.00. The summed E-state index contributed by atoms with van der Waals surface area (Å²) in [5.41, 5.74) is 2.99. The lowest BCUT2D eigenvalue weighted by Crippen LogP contribution is -2.28. The number of halogens is 1. The van der Waals surface area contributed by atoms with Crippen LogP contribution in [0.5, 0.6) is 0 Å². The van der Waals surface area contributed by atoms with E-state index in [-0.39, 0.29) is 11.3 Å². The van der Waals surface area contributed by atoms with Crippen LogP contribution in [0.25, 0.3) is 0 Å². The van der Waals surface area contributed by atoms with Crippen LogP contribution in [0.2, 0.25) is 5.02 Å². The van der Waals surface area contributed by atoms with Gasteiger partial charge in [0.1, 0.15) is 16.9 Å². The molecule has 7 heteroatoms. The highest BCUT2D eigenvalue weighted by Gasteiger charge is 2.30. The Bertz CT molecular complexity index is 947. The van der Waals surface area contributed by atoms with Gasteiger partial charge in [-0.15, -0.1) is 0 Å². The first-order valence-corrected chi connectivity index (χ1v) is 10.9. The van der Waals surface area contributed by atoms with Crippen molar-refractivity contribution in [2.24, 2.45) is 11.3 Å². The van der Waals surface area contributed by atoms with Crippen LogP contribution in [0, 0.1) is 22.7 Å². The van der Waals surface area contributed by atoms with Crippen molar-refractivity contribution in [3.05, 3.63) is 46.2 Å². The van der Waals surface area contributed by atoms with Crippen LogP contribution in [-0.4, -0.2) is 21.1 Å². The maximum Gasteiger partial charge on any atom is 0.238 e. The molecule has 1 aliphatic carbocycles. The lowest BCUT2D eigenvalue weighted by molar-refractivity contribution is -0.115. The SMILES string of the molecule is CC(Sc1nc2c(cc1C#N)CC(C(C)(C)C)CC2)C(=O)Nc1ccc(Cl)cn1. The minimum atomic E-state index is -0.420. The molecule has 29 heavy (non-hydrogen) atoms. The van der Waals surface area contributed by atoms with Gasteiger partial charge in [0, 0.05) is 11.9 Å². The Kier molecular flexibility index (Phi) is 6.50. The zero-order valence-electron chi connectivity index (χ0n) is 17.1. The van der Waals surface area contributed by atoms with Gasteiger partial charge in [-0.25, -0.2) is 9.97 Å². The largest absolute Gasteiger partial charge is 0.310 e. The Labute approximate surface area is 181 Å². The fourth-order valence-electron chi connectivity index (χ4n) is 3.45. The third kappa shape index (κ3) is 5.29. The molecule has 3 rings (SSSR count). The predicted molar refractivity (Wildman–Crippen MR) is 117 cm³/mol. The summed E-state index contributed by atoms with van der Waals surface area (Å²) in [6.45, 7) is 8.60. The van der Waals surface area contributed by atoms with Crippen LogP contribution in [0.3, 0.4) is 0 Å². The number of anilines is 1. The lowest BCUT2D eigenvalue weighted by atomic mass is 9.71. The van der Waals surface area contributed by atoms with E-state index in [0.717, 1.165) is 25.0 Å². The number of rotatable bonds is 4. The summed E-state index contributed by atoms with van der Waals surface area (Å²) >= 11 is 7.13. The van der Waals surface area contributed by atoms with Crippen molar-refractivity contribution in [2.45, 2.75) is 57.2 Å². The van der Waals surface area contributed by atoms with E-state index in [4.69, 9.17) is 16.6 Å². The Morgan fingerprint density at radius 2 is 2.17 bits per heavy atom. The van der Waals surface area contributed by atoms with Gasteiger partial charge in [0.05, 0.1) is 15.8 Å². The van der Waals surface area contributed by atoms with Crippen LogP contribution in [0.4, 0.5) is 5.82 Å². The van der Waals surface area contributed by atoms with Crippen molar-refractivity contribution in [3.63, 3.8) is 0 Å². The number of aromatic nitrogens is 2. The van der Waals surface area contributed by atoms with E-state index in [1.807, 2.05) is 6.07 Å². The molecule has 1 N–H and O–H groups in total. The number of hydrogen-bond donors (Lipinski definition) is 1. The number of fused-ring (bicyclic) bond motifs is 1. The Balaban J connectivity index is 1.74. The van der Waals surface area contributed by atoms with Gasteiger partial charge >= 0.3 is 0 Å². The van der Waals surface area contributed by atoms with Gasteiger partial charge in [0.15, 0.2) is 0 Å². The number of aryl methyl sites for hydroxylation is 1. The Morgan fingerprint density at radius 3 is 2.79 bits per heavy atom. The monoisotopic (exact) mass is 428 g/mol. The van der Waals surface area contributed by atoms with E-state index >= 15 is 0 Å². The summed E-state index contributed by atoms with van der Waals surface area (Å²) in [7, 11) is 0. The normalized spacial score (nSPS) is 17.2. The molecule has 0 aliphatic heterocycles. The molecule has 1 amide bonds. The number of nitriles is 1. The maximum atomic E-state index is 12.5. The van der Waals surface area contributed by atoms with Gasteiger partial charge in [0.25, 0.3) is 0 Å². The number of nitrogens with zero attached hydrogens (tertiary/aromatic N) is 3. The van der Waals surface area contributed by atoms with E-state index in [0.29, 0.717) is 27.3 Å². The molecular weight excluding hydrogens is 404 g/mol. The maximum absolute atomic E-state index is 12.5. The number of amides is 1. The molecule has 0 saturated carbocycles. The van der Waals surface area contributed by atoms with Crippen molar-refractivity contribution in [2.75, 3.05) is 5.32 Å². The van der Waals surface area contributed by atoms with Crippen LogP contribution in [-0.2, 0) is 17.6 Å². The summed E-state index contributed by atoms with van der Waals surface area (Å²) in [5, 5.41) is 13.1. The minimum Gasteiger partial charge on any atom is -0.310 e. The molecule has 1 aliphatic rings. The average Bonchev–Trinajstić information content (AvgIpc) is 2.68. The molecule has 2 heterocycles. The standard InChI is InChI=1S/C22H25ClN4OS/c1-13(20(28)27-19-8-6-17(23)12-25-19)29-21-15(11-24)9-14-10-16(22(2,3)4)5-7-18(14)26-21/h6,8-9,12-13,16H,5,7,10H2,1-4H3,(H,25,27,28). The van der Waals surface area contributed by atoms with Crippen LogP contribution in [0.15, 0.2) is 29.4 Å². The predicted octanol–water partition coefficient (Wildman–Crippen LogP) is 5.27. The summed E-state index contributed by atoms with van der Waals surface area (Å²) in [6, 6.07) is 7.55. The van der Waals surface area contributed by atoms with E-state index in [1.165, 1.54) is 23.5 Å². The number of nitrogens with one attached hydrogen (secondary N) is 1. The fraction of sp³-hybridized carbons (Fsp3) is 0.455. The third-order valence-corrected chi connectivity index (χ3v) is 6.66. The van der Waals surface area contributed by atoms with E-state index in [2.05, 4.69) is 37.1 Å². The molecule has 0 fully saturated rings. The molecule has 0 saturated heterocycles. The smallest absolute Gasteiger partial charge is 0.238 e. The van der Waals surface area contributed by atoms with Gasteiger partial charge in [-0.3, -0.25) is 4.79 Å². The fourth-order valence-corrected chi connectivity index (χ4v) is 4.46. The van der Waals surface area contributed by atoms with Gasteiger partial charge in [0.2, 0.25) is 5.91 Å². The highest BCUT2D eigenvalue weighted by atomic mass is 35.5. The molecule has 5 nitrogen and oxygen atoms in total. The molecule has 2 aromatic heterocycles. The molecule has 0 aromatic carbocycles. The van der Waals surface area contributed by atoms with Crippen molar-refractivity contribution < 1.29 is 4.79 Å².